The summed E-state index contributed by atoms with van der Waals surface area (Å²) in [5.41, 5.74) is 0.809. The molecule has 0 saturated carbocycles. The van der Waals surface area contributed by atoms with Gasteiger partial charge < -0.3 is 5.32 Å². The quantitative estimate of drug-likeness (QED) is 0.844. The molecule has 1 rings (SSSR count). The first kappa shape index (κ1) is 14.1. The summed E-state index contributed by atoms with van der Waals surface area (Å²) in [6, 6.07) is 3.13. The lowest BCUT2D eigenvalue weighted by Crippen LogP contribution is -2.23. The fourth-order valence-electron chi connectivity index (χ4n) is 1.91. The Bertz CT molecular complexity index is 394. The maximum Gasteiger partial charge on any atom is 0.163 e. The third kappa shape index (κ3) is 3.50. The molecule has 0 aromatic heterocycles. The van der Waals surface area contributed by atoms with Crippen LogP contribution in [0, 0.1) is 24.0 Å². The van der Waals surface area contributed by atoms with Crippen LogP contribution in [0.4, 0.5) is 8.78 Å². The minimum Gasteiger partial charge on any atom is -0.313 e. The Balaban J connectivity index is 3.09. The fraction of sp³-hybridized carbons (Fsp3) is 0.571. The molecule has 1 aromatic rings. The maximum atomic E-state index is 13.9. The Morgan fingerprint density at radius 3 is 2.24 bits per heavy atom. The van der Waals surface area contributed by atoms with E-state index in [0.29, 0.717) is 11.1 Å². The standard InChI is InChI=1S/C14H21F2N/c1-9-6-7-10(13(16)12(9)15)11(17-5)8-14(2,3)4/h6-7,11,17H,8H2,1-5H3. The van der Waals surface area contributed by atoms with E-state index in [0.717, 1.165) is 6.42 Å². The van der Waals surface area contributed by atoms with Gasteiger partial charge in [0.15, 0.2) is 11.6 Å². The fourth-order valence-corrected chi connectivity index (χ4v) is 1.91. The van der Waals surface area contributed by atoms with E-state index < -0.39 is 11.6 Å². The van der Waals surface area contributed by atoms with Gasteiger partial charge in [0, 0.05) is 11.6 Å². The summed E-state index contributed by atoms with van der Waals surface area (Å²) in [6.45, 7) is 7.82. The highest BCUT2D eigenvalue weighted by Crippen LogP contribution is 2.31. The second-order valence-corrected chi connectivity index (χ2v) is 5.71. The lowest BCUT2D eigenvalue weighted by atomic mass is 9.85. The van der Waals surface area contributed by atoms with Crippen LogP contribution in [0.15, 0.2) is 12.1 Å². The van der Waals surface area contributed by atoms with Crippen molar-refractivity contribution < 1.29 is 8.78 Å². The molecular weight excluding hydrogens is 220 g/mol. The average Bonchev–Trinajstić information content (AvgIpc) is 2.22. The van der Waals surface area contributed by atoms with Gasteiger partial charge in [-0.3, -0.25) is 0 Å². The van der Waals surface area contributed by atoms with E-state index in [1.165, 1.54) is 0 Å². The summed E-state index contributed by atoms with van der Waals surface area (Å²) in [6.07, 6.45) is 0.753. The summed E-state index contributed by atoms with van der Waals surface area (Å²) in [7, 11) is 1.77. The SMILES string of the molecule is CNC(CC(C)(C)C)c1ccc(C)c(F)c1F. The first-order chi connectivity index (χ1) is 7.76. The number of rotatable bonds is 3. The Morgan fingerprint density at radius 1 is 1.18 bits per heavy atom. The second kappa shape index (κ2) is 5.13. The Kier molecular flexibility index (Phi) is 4.26. The Morgan fingerprint density at radius 2 is 1.76 bits per heavy atom. The monoisotopic (exact) mass is 241 g/mol. The van der Waals surface area contributed by atoms with Crippen LogP contribution in [0.25, 0.3) is 0 Å². The molecule has 0 fully saturated rings. The molecule has 0 amide bonds. The van der Waals surface area contributed by atoms with Crippen LogP contribution in [0.2, 0.25) is 0 Å². The van der Waals surface area contributed by atoms with E-state index in [4.69, 9.17) is 0 Å². The summed E-state index contributed by atoms with van der Waals surface area (Å²) in [4.78, 5) is 0. The minimum absolute atomic E-state index is 0.0570. The molecule has 96 valence electrons. The zero-order chi connectivity index (χ0) is 13.2. The smallest absolute Gasteiger partial charge is 0.163 e. The Hall–Kier alpha value is -0.960. The molecule has 0 spiro atoms. The number of nitrogens with one attached hydrogen (secondary N) is 1. The molecule has 0 heterocycles. The van der Waals surface area contributed by atoms with Crippen molar-refractivity contribution in [2.45, 2.75) is 40.2 Å². The van der Waals surface area contributed by atoms with Gasteiger partial charge in [-0.05, 0) is 31.4 Å². The van der Waals surface area contributed by atoms with E-state index in [-0.39, 0.29) is 11.5 Å². The van der Waals surface area contributed by atoms with Crippen LogP contribution < -0.4 is 5.32 Å². The zero-order valence-corrected chi connectivity index (χ0v) is 11.2. The van der Waals surface area contributed by atoms with Crippen molar-refractivity contribution in [1.29, 1.82) is 0 Å². The molecule has 17 heavy (non-hydrogen) atoms. The van der Waals surface area contributed by atoms with Gasteiger partial charge in [-0.25, -0.2) is 8.78 Å². The van der Waals surface area contributed by atoms with Crippen molar-refractivity contribution in [1.82, 2.24) is 5.32 Å². The van der Waals surface area contributed by atoms with E-state index in [1.807, 2.05) is 0 Å². The van der Waals surface area contributed by atoms with Crippen LogP contribution in [-0.4, -0.2) is 7.05 Å². The van der Waals surface area contributed by atoms with Crippen LogP contribution in [-0.2, 0) is 0 Å². The average molecular weight is 241 g/mol. The second-order valence-electron chi connectivity index (χ2n) is 5.71. The molecule has 0 aliphatic rings. The molecule has 0 bridgehead atoms. The molecular formula is C14H21F2N. The molecule has 0 saturated heterocycles. The van der Waals surface area contributed by atoms with Crippen molar-refractivity contribution in [3.8, 4) is 0 Å². The highest BCUT2D eigenvalue weighted by molar-refractivity contribution is 5.28. The highest BCUT2D eigenvalue weighted by Gasteiger charge is 2.23. The zero-order valence-electron chi connectivity index (χ0n) is 11.2. The van der Waals surface area contributed by atoms with Crippen LogP contribution in [0.5, 0.6) is 0 Å². The van der Waals surface area contributed by atoms with Gasteiger partial charge in [-0.2, -0.15) is 0 Å². The molecule has 0 aliphatic heterocycles. The van der Waals surface area contributed by atoms with Gasteiger partial charge in [-0.15, -0.1) is 0 Å². The molecule has 1 N–H and O–H groups in total. The molecule has 1 nitrogen and oxygen atoms in total. The summed E-state index contributed by atoms with van der Waals surface area (Å²) < 4.78 is 27.4. The number of aryl methyl sites for hydroxylation is 1. The predicted molar refractivity (Wildman–Crippen MR) is 67.0 cm³/mol. The van der Waals surface area contributed by atoms with Gasteiger partial charge in [0.2, 0.25) is 0 Å². The largest absolute Gasteiger partial charge is 0.313 e. The molecule has 1 atom stereocenters. The first-order valence-corrected chi connectivity index (χ1v) is 5.88. The molecule has 3 heteroatoms. The molecule has 0 radical (unpaired) electrons. The van der Waals surface area contributed by atoms with E-state index >= 15 is 0 Å². The van der Waals surface area contributed by atoms with Gasteiger partial charge in [-0.1, -0.05) is 32.9 Å². The summed E-state index contributed by atoms with van der Waals surface area (Å²) >= 11 is 0. The van der Waals surface area contributed by atoms with Crippen molar-refractivity contribution in [3.63, 3.8) is 0 Å². The van der Waals surface area contributed by atoms with E-state index in [1.54, 1.807) is 26.1 Å². The number of benzene rings is 1. The number of halogens is 2. The van der Waals surface area contributed by atoms with Gasteiger partial charge in [0.1, 0.15) is 0 Å². The lowest BCUT2D eigenvalue weighted by Gasteiger charge is -2.26. The number of hydrogen-bond acceptors (Lipinski definition) is 1. The highest BCUT2D eigenvalue weighted by atomic mass is 19.2. The predicted octanol–water partition coefficient (Wildman–Crippen LogP) is 3.97. The molecule has 0 aliphatic carbocycles. The third-order valence-corrected chi connectivity index (χ3v) is 2.85. The first-order valence-electron chi connectivity index (χ1n) is 5.88. The molecule has 1 aromatic carbocycles. The van der Waals surface area contributed by atoms with Crippen LogP contribution >= 0.6 is 0 Å². The Labute approximate surface area is 102 Å². The van der Waals surface area contributed by atoms with Crippen molar-refractivity contribution in [2.75, 3.05) is 7.05 Å². The van der Waals surface area contributed by atoms with Crippen molar-refractivity contribution >= 4 is 0 Å². The van der Waals surface area contributed by atoms with Crippen molar-refractivity contribution in [3.05, 3.63) is 34.9 Å². The topological polar surface area (TPSA) is 12.0 Å². The lowest BCUT2D eigenvalue weighted by molar-refractivity contribution is 0.314. The van der Waals surface area contributed by atoms with Crippen molar-refractivity contribution in [2.24, 2.45) is 5.41 Å². The maximum absolute atomic E-state index is 13.9. The molecule has 1 unspecified atom stereocenters. The van der Waals surface area contributed by atoms with E-state index in [9.17, 15) is 8.78 Å². The normalized spacial score (nSPS) is 13.8. The summed E-state index contributed by atoms with van der Waals surface area (Å²) in [5.74, 6) is -1.47. The minimum atomic E-state index is -0.739. The van der Waals surface area contributed by atoms with Gasteiger partial charge >= 0.3 is 0 Å². The van der Waals surface area contributed by atoms with E-state index in [2.05, 4.69) is 26.1 Å². The van der Waals surface area contributed by atoms with Gasteiger partial charge in [0.25, 0.3) is 0 Å². The van der Waals surface area contributed by atoms with Crippen LogP contribution in [0.3, 0.4) is 0 Å². The number of hydrogen-bond donors (Lipinski definition) is 1. The van der Waals surface area contributed by atoms with Gasteiger partial charge in [0.05, 0.1) is 0 Å². The summed E-state index contributed by atoms with van der Waals surface area (Å²) in [5, 5.41) is 3.06. The third-order valence-electron chi connectivity index (χ3n) is 2.85. The van der Waals surface area contributed by atoms with Crippen LogP contribution in [0.1, 0.15) is 44.4 Å².